The normalized spacial score (nSPS) is 15.3. The van der Waals surface area contributed by atoms with Crippen LogP contribution in [0.15, 0.2) is 17.5 Å². The standard InChI is InChI=1S/C13H19N3O2S/c17-12(10-11-2-1-9-19-11)15-4-3-13(18)16-7-5-14-6-8-16/h1-2,9,14H,3-8,10H2,(H,15,17). The zero-order chi connectivity index (χ0) is 13.5. The van der Waals surface area contributed by atoms with Crippen molar-refractivity contribution in [2.24, 2.45) is 0 Å². The van der Waals surface area contributed by atoms with E-state index in [9.17, 15) is 9.59 Å². The molecule has 2 heterocycles. The molecule has 0 atom stereocenters. The van der Waals surface area contributed by atoms with Crippen molar-refractivity contribution >= 4 is 23.2 Å². The average molecular weight is 281 g/mol. The van der Waals surface area contributed by atoms with Crippen molar-refractivity contribution in [3.05, 3.63) is 22.4 Å². The first-order valence-corrected chi connectivity index (χ1v) is 7.41. The Morgan fingerprint density at radius 2 is 2.16 bits per heavy atom. The van der Waals surface area contributed by atoms with E-state index < -0.39 is 0 Å². The lowest BCUT2D eigenvalue weighted by Gasteiger charge is -2.27. The largest absolute Gasteiger partial charge is 0.355 e. The molecule has 0 radical (unpaired) electrons. The minimum absolute atomic E-state index is 0.0180. The van der Waals surface area contributed by atoms with E-state index in [1.165, 1.54) is 0 Å². The van der Waals surface area contributed by atoms with Crippen molar-refractivity contribution in [3.8, 4) is 0 Å². The van der Waals surface area contributed by atoms with Crippen LogP contribution in [0.3, 0.4) is 0 Å². The highest BCUT2D eigenvalue weighted by molar-refractivity contribution is 7.10. The first kappa shape index (κ1) is 14.0. The molecule has 1 aliphatic rings. The SMILES string of the molecule is O=C(Cc1cccs1)NCCC(=O)N1CCNCC1. The third-order valence-corrected chi connectivity index (χ3v) is 3.92. The van der Waals surface area contributed by atoms with Crippen molar-refractivity contribution < 1.29 is 9.59 Å². The minimum Gasteiger partial charge on any atom is -0.355 e. The predicted molar refractivity (Wildman–Crippen MR) is 75.1 cm³/mol. The van der Waals surface area contributed by atoms with Crippen molar-refractivity contribution in [2.75, 3.05) is 32.7 Å². The number of rotatable bonds is 5. The van der Waals surface area contributed by atoms with Gasteiger partial charge in [-0.2, -0.15) is 0 Å². The van der Waals surface area contributed by atoms with E-state index in [0.29, 0.717) is 19.4 Å². The Hall–Kier alpha value is -1.40. The fraction of sp³-hybridized carbons (Fsp3) is 0.538. The summed E-state index contributed by atoms with van der Waals surface area (Å²) in [6.45, 7) is 3.67. The molecule has 0 aromatic carbocycles. The van der Waals surface area contributed by atoms with Gasteiger partial charge in [-0.05, 0) is 11.4 Å². The van der Waals surface area contributed by atoms with Crippen LogP contribution in [0.25, 0.3) is 0 Å². The highest BCUT2D eigenvalue weighted by atomic mass is 32.1. The van der Waals surface area contributed by atoms with Gasteiger partial charge in [0.25, 0.3) is 0 Å². The Kier molecular flexibility index (Phi) is 5.35. The summed E-state index contributed by atoms with van der Waals surface area (Å²) in [5.41, 5.74) is 0. The Balaban J connectivity index is 1.62. The molecule has 1 aromatic heterocycles. The average Bonchev–Trinajstić information content (AvgIpc) is 2.92. The molecule has 0 spiro atoms. The van der Waals surface area contributed by atoms with E-state index in [1.54, 1.807) is 11.3 Å². The number of piperazine rings is 1. The Morgan fingerprint density at radius 1 is 1.37 bits per heavy atom. The van der Waals surface area contributed by atoms with Crippen LogP contribution in [-0.2, 0) is 16.0 Å². The fourth-order valence-electron chi connectivity index (χ4n) is 2.02. The number of carbonyl (C=O) groups is 2. The van der Waals surface area contributed by atoms with Gasteiger partial charge < -0.3 is 15.5 Å². The van der Waals surface area contributed by atoms with Crippen molar-refractivity contribution in [1.82, 2.24) is 15.5 Å². The minimum atomic E-state index is -0.0180. The summed E-state index contributed by atoms with van der Waals surface area (Å²) in [7, 11) is 0. The summed E-state index contributed by atoms with van der Waals surface area (Å²) >= 11 is 1.57. The number of nitrogens with zero attached hydrogens (tertiary/aromatic N) is 1. The van der Waals surface area contributed by atoms with Gasteiger partial charge in [0.15, 0.2) is 0 Å². The molecule has 6 heteroatoms. The summed E-state index contributed by atoms with van der Waals surface area (Å²) < 4.78 is 0. The van der Waals surface area contributed by atoms with E-state index >= 15 is 0 Å². The van der Waals surface area contributed by atoms with E-state index in [0.717, 1.165) is 31.1 Å². The van der Waals surface area contributed by atoms with E-state index in [-0.39, 0.29) is 11.8 Å². The van der Waals surface area contributed by atoms with Crippen LogP contribution in [0.4, 0.5) is 0 Å². The summed E-state index contributed by atoms with van der Waals surface area (Å²) in [4.78, 5) is 26.4. The second-order valence-electron chi connectivity index (χ2n) is 4.49. The third-order valence-electron chi connectivity index (χ3n) is 3.05. The Bertz CT molecular complexity index is 414. The van der Waals surface area contributed by atoms with Crippen LogP contribution in [0.5, 0.6) is 0 Å². The Morgan fingerprint density at radius 3 is 2.84 bits per heavy atom. The molecule has 0 aliphatic carbocycles. The molecule has 1 aliphatic heterocycles. The number of nitrogens with one attached hydrogen (secondary N) is 2. The number of thiophene rings is 1. The van der Waals surface area contributed by atoms with Gasteiger partial charge >= 0.3 is 0 Å². The summed E-state index contributed by atoms with van der Waals surface area (Å²) in [5.74, 6) is 0.105. The number of carbonyl (C=O) groups excluding carboxylic acids is 2. The molecule has 2 rings (SSSR count). The van der Waals surface area contributed by atoms with Gasteiger partial charge in [0.2, 0.25) is 11.8 Å². The van der Waals surface area contributed by atoms with Crippen LogP contribution >= 0.6 is 11.3 Å². The third kappa shape index (κ3) is 4.65. The van der Waals surface area contributed by atoms with Gasteiger partial charge in [-0.3, -0.25) is 9.59 Å². The smallest absolute Gasteiger partial charge is 0.225 e. The van der Waals surface area contributed by atoms with Gasteiger partial charge in [0, 0.05) is 44.0 Å². The highest BCUT2D eigenvalue weighted by Crippen LogP contribution is 2.08. The maximum atomic E-state index is 11.8. The Labute approximate surface area is 117 Å². The maximum Gasteiger partial charge on any atom is 0.225 e. The molecular weight excluding hydrogens is 262 g/mol. The highest BCUT2D eigenvalue weighted by Gasteiger charge is 2.15. The van der Waals surface area contributed by atoms with Crippen LogP contribution < -0.4 is 10.6 Å². The summed E-state index contributed by atoms with van der Waals surface area (Å²) in [6.07, 6.45) is 0.787. The molecule has 0 unspecified atom stereocenters. The number of amides is 2. The lowest BCUT2D eigenvalue weighted by molar-refractivity contribution is -0.131. The predicted octanol–water partition coefficient (Wildman–Crippen LogP) is 0.229. The number of hydrogen-bond acceptors (Lipinski definition) is 4. The fourth-order valence-corrected chi connectivity index (χ4v) is 2.72. The molecular formula is C13H19N3O2S. The zero-order valence-electron chi connectivity index (χ0n) is 10.9. The van der Waals surface area contributed by atoms with Gasteiger partial charge in [0.1, 0.15) is 0 Å². The quantitative estimate of drug-likeness (QED) is 0.812. The lowest BCUT2D eigenvalue weighted by Crippen LogP contribution is -2.47. The lowest BCUT2D eigenvalue weighted by atomic mass is 10.3. The van der Waals surface area contributed by atoms with Crippen LogP contribution in [0.2, 0.25) is 0 Å². The molecule has 19 heavy (non-hydrogen) atoms. The monoisotopic (exact) mass is 281 g/mol. The second kappa shape index (κ2) is 7.25. The van der Waals surface area contributed by atoms with E-state index in [2.05, 4.69) is 10.6 Å². The zero-order valence-corrected chi connectivity index (χ0v) is 11.7. The second-order valence-corrected chi connectivity index (χ2v) is 5.52. The van der Waals surface area contributed by atoms with Crippen molar-refractivity contribution in [1.29, 1.82) is 0 Å². The summed E-state index contributed by atoms with van der Waals surface area (Å²) in [6, 6.07) is 3.87. The first-order chi connectivity index (χ1) is 9.25. The summed E-state index contributed by atoms with van der Waals surface area (Å²) in [5, 5.41) is 7.96. The van der Waals surface area contributed by atoms with Crippen LogP contribution in [0, 0.1) is 0 Å². The van der Waals surface area contributed by atoms with Crippen molar-refractivity contribution in [3.63, 3.8) is 0 Å². The van der Waals surface area contributed by atoms with E-state index in [1.807, 2.05) is 22.4 Å². The molecule has 0 saturated carbocycles. The van der Waals surface area contributed by atoms with Gasteiger partial charge in [-0.25, -0.2) is 0 Å². The molecule has 1 aromatic rings. The van der Waals surface area contributed by atoms with Gasteiger partial charge in [-0.15, -0.1) is 11.3 Å². The maximum absolute atomic E-state index is 11.8. The molecule has 104 valence electrons. The van der Waals surface area contributed by atoms with E-state index in [4.69, 9.17) is 0 Å². The molecule has 1 fully saturated rings. The molecule has 2 N–H and O–H groups in total. The molecule has 2 amide bonds. The first-order valence-electron chi connectivity index (χ1n) is 6.53. The number of hydrogen-bond donors (Lipinski definition) is 2. The topological polar surface area (TPSA) is 61.4 Å². The van der Waals surface area contributed by atoms with Gasteiger partial charge in [-0.1, -0.05) is 6.07 Å². The molecule has 5 nitrogen and oxygen atoms in total. The van der Waals surface area contributed by atoms with Crippen LogP contribution in [-0.4, -0.2) is 49.4 Å². The van der Waals surface area contributed by atoms with Crippen molar-refractivity contribution in [2.45, 2.75) is 12.8 Å². The molecule has 1 saturated heterocycles. The van der Waals surface area contributed by atoms with Gasteiger partial charge in [0.05, 0.1) is 6.42 Å². The van der Waals surface area contributed by atoms with Crippen LogP contribution in [0.1, 0.15) is 11.3 Å². The molecule has 0 bridgehead atoms.